The van der Waals surface area contributed by atoms with Gasteiger partial charge >= 0.3 is 7.82 Å². The van der Waals surface area contributed by atoms with Crippen LogP contribution in [-0.2, 0) is 18.6 Å². The summed E-state index contributed by atoms with van der Waals surface area (Å²) >= 11 is 0. The third kappa shape index (κ3) is 6.65. The van der Waals surface area contributed by atoms with Crippen LogP contribution in [0.15, 0.2) is 0 Å². The summed E-state index contributed by atoms with van der Waals surface area (Å²) in [7, 11) is -2.94. The molecule has 1 aliphatic rings. The van der Waals surface area contributed by atoms with Crippen molar-refractivity contribution in [1.29, 1.82) is 0 Å². The van der Waals surface area contributed by atoms with E-state index >= 15 is 0 Å². The first kappa shape index (κ1) is 22.6. The van der Waals surface area contributed by atoms with Crippen molar-refractivity contribution in [2.45, 2.75) is 83.3 Å². The smallest absolute Gasteiger partial charge is 0.385 e. The third-order valence-corrected chi connectivity index (χ3v) is 5.97. The lowest BCUT2D eigenvalue weighted by Crippen LogP contribution is -2.50. The summed E-state index contributed by atoms with van der Waals surface area (Å²) in [6, 6.07) is 0. The number of likely N-dealkylation sites (tertiary alicyclic amines) is 1. The van der Waals surface area contributed by atoms with Crippen molar-refractivity contribution >= 4 is 13.7 Å². The summed E-state index contributed by atoms with van der Waals surface area (Å²) in [5, 5.41) is 0. The van der Waals surface area contributed by atoms with Crippen molar-refractivity contribution in [2.24, 2.45) is 0 Å². The minimum atomic E-state index is -4.59. The SMILES string of the molecule is CCC(CC)(C[C@]1(C)CCCN1C(=O)CCCCOC)OP(=O)(O)O. The summed E-state index contributed by atoms with van der Waals surface area (Å²) in [6.07, 6.45) is 5.24. The van der Waals surface area contributed by atoms with Crippen LogP contribution in [0.4, 0.5) is 0 Å². The van der Waals surface area contributed by atoms with Crippen molar-refractivity contribution in [2.75, 3.05) is 20.3 Å². The van der Waals surface area contributed by atoms with Crippen LogP contribution in [0.5, 0.6) is 0 Å². The lowest BCUT2D eigenvalue weighted by atomic mass is 9.80. The molecule has 2 N–H and O–H groups in total. The zero-order chi connectivity index (χ0) is 19.1. The predicted octanol–water partition coefficient (Wildman–Crippen LogP) is 3.24. The molecule has 0 spiro atoms. The molecule has 0 aromatic heterocycles. The van der Waals surface area contributed by atoms with Gasteiger partial charge in [-0.15, -0.1) is 0 Å². The Morgan fingerprint density at radius 2 is 1.92 bits per heavy atom. The minimum absolute atomic E-state index is 0.105. The molecule has 1 amide bonds. The fraction of sp³-hybridized carbons (Fsp3) is 0.941. The van der Waals surface area contributed by atoms with Crippen LogP contribution in [-0.4, -0.2) is 52.0 Å². The highest BCUT2D eigenvalue weighted by molar-refractivity contribution is 7.46. The van der Waals surface area contributed by atoms with Crippen molar-refractivity contribution < 1.29 is 28.4 Å². The number of carbonyl (C=O) groups is 1. The van der Waals surface area contributed by atoms with Crippen LogP contribution < -0.4 is 0 Å². The van der Waals surface area contributed by atoms with Crippen molar-refractivity contribution in [1.82, 2.24) is 4.90 Å². The molecule has 0 unspecified atom stereocenters. The average molecular weight is 379 g/mol. The van der Waals surface area contributed by atoms with Gasteiger partial charge in [-0.3, -0.25) is 9.32 Å². The maximum absolute atomic E-state index is 12.7. The largest absolute Gasteiger partial charge is 0.470 e. The molecule has 1 heterocycles. The van der Waals surface area contributed by atoms with E-state index in [-0.39, 0.29) is 5.91 Å². The number of methoxy groups -OCH3 is 1. The first-order chi connectivity index (χ1) is 11.6. The van der Waals surface area contributed by atoms with Gasteiger partial charge in [-0.2, -0.15) is 0 Å². The molecule has 1 rings (SSSR count). The summed E-state index contributed by atoms with van der Waals surface area (Å²) < 4.78 is 21.7. The van der Waals surface area contributed by atoms with E-state index in [2.05, 4.69) is 0 Å². The van der Waals surface area contributed by atoms with Crippen LogP contribution in [0.1, 0.15) is 72.1 Å². The number of phosphoric ester groups is 1. The maximum Gasteiger partial charge on any atom is 0.470 e. The highest BCUT2D eigenvalue weighted by atomic mass is 31.2. The molecule has 7 nitrogen and oxygen atoms in total. The lowest BCUT2D eigenvalue weighted by Gasteiger charge is -2.43. The van der Waals surface area contributed by atoms with Gasteiger partial charge in [-0.05, 0) is 45.4 Å². The molecule has 0 aromatic carbocycles. The second-order valence-corrected chi connectivity index (χ2v) is 8.41. The summed E-state index contributed by atoms with van der Waals surface area (Å²) in [5.74, 6) is 0.105. The molecule has 1 saturated heterocycles. The Kier molecular flexibility index (Phi) is 8.55. The fourth-order valence-electron chi connectivity index (χ4n) is 3.90. The molecule has 0 aromatic rings. The molecule has 0 aliphatic carbocycles. The number of rotatable bonds is 11. The van der Waals surface area contributed by atoms with Crippen LogP contribution in [0.25, 0.3) is 0 Å². The number of carbonyl (C=O) groups excluding carboxylic acids is 1. The van der Waals surface area contributed by atoms with E-state index < -0.39 is 19.0 Å². The third-order valence-electron chi connectivity index (χ3n) is 5.34. The van der Waals surface area contributed by atoms with Gasteiger partial charge in [0.2, 0.25) is 5.91 Å². The monoisotopic (exact) mass is 379 g/mol. The topological polar surface area (TPSA) is 96.3 Å². The maximum atomic E-state index is 12.7. The molecule has 1 fully saturated rings. The highest BCUT2D eigenvalue weighted by Crippen LogP contribution is 2.49. The standard InChI is InChI=1S/C17H34NO6P/c1-5-17(6-2,24-25(20,21)22)14-16(3)11-9-12-18(16)15(19)10-7-8-13-23-4/h5-14H2,1-4H3,(H2,20,21,22)/t16-/m0/s1. The molecule has 1 aliphatic heterocycles. The molecule has 0 radical (unpaired) electrons. The van der Waals surface area contributed by atoms with Crippen LogP contribution in [0, 0.1) is 0 Å². The van der Waals surface area contributed by atoms with Crippen LogP contribution in [0.3, 0.4) is 0 Å². The molecule has 0 bridgehead atoms. The molecule has 25 heavy (non-hydrogen) atoms. The normalized spacial score (nSPS) is 21.8. The number of nitrogens with zero attached hydrogens (tertiary/aromatic N) is 1. The van der Waals surface area contributed by atoms with E-state index in [1.54, 1.807) is 7.11 Å². The summed E-state index contributed by atoms with van der Waals surface area (Å²) in [5.41, 5.74) is -1.35. The molecular formula is C17H34NO6P. The van der Waals surface area contributed by atoms with Gasteiger partial charge in [0.05, 0.1) is 5.60 Å². The average Bonchev–Trinajstić information content (AvgIpc) is 2.90. The zero-order valence-corrected chi connectivity index (χ0v) is 16.9. The quantitative estimate of drug-likeness (QED) is 0.423. The number of unbranched alkanes of at least 4 members (excludes halogenated alkanes) is 1. The number of hydrogen-bond donors (Lipinski definition) is 2. The Morgan fingerprint density at radius 3 is 2.44 bits per heavy atom. The van der Waals surface area contributed by atoms with E-state index in [4.69, 9.17) is 9.26 Å². The van der Waals surface area contributed by atoms with E-state index in [1.807, 2.05) is 25.7 Å². The first-order valence-corrected chi connectivity index (χ1v) is 10.7. The lowest BCUT2D eigenvalue weighted by molar-refractivity contribution is -0.137. The van der Waals surface area contributed by atoms with Gasteiger partial charge in [0.1, 0.15) is 0 Å². The Bertz CT molecular complexity index is 476. The fourth-order valence-corrected chi connectivity index (χ4v) is 4.73. The predicted molar refractivity (Wildman–Crippen MR) is 96.1 cm³/mol. The van der Waals surface area contributed by atoms with Crippen molar-refractivity contribution in [3.05, 3.63) is 0 Å². The van der Waals surface area contributed by atoms with Gasteiger partial charge in [-0.1, -0.05) is 13.8 Å². The molecule has 1 atom stereocenters. The molecular weight excluding hydrogens is 345 g/mol. The van der Waals surface area contributed by atoms with Crippen LogP contribution in [0.2, 0.25) is 0 Å². The number of phosphoric acid groups is 1. The molecule has 8 heteroatoms. The van der Waals surface area contributed by atoms with E-state index in [9.17, 15) is 19.1 Å². The van der Waals surface area contributed by atoms with Gasteiger partial charge in [0, 0.05) is 38.6 Å². The Hall–Kier alpha value is -0.460. The van der Waals surface area contributed by atoms with E-state index in [1.165, 1.54) is 0 Å². The Morgan fingerprint density at radius 1 is 1.28 bits per heavy atom. The first-order valence-electron chi connectivity index (χ1n) is 9.17. The number of amides is 1. The second-order valence-electron chi connectivity index (χ2n) is 7.24. The number of hydrogen-bond acceptors (Lipinski definition) is 4. The van der Waals surface area contributed by atoms with Gasteiger partial charge in [0.25, 0.3) is 0 Å². The van der Waals surface area contributed by atoms with Gasteiger partial charge in [-0.25, -0.2) is 4.57 Å². The minimum Gasteiger partial charge on any atom is -0.385 e. The van der Waals surface area contributed by atoms with Crippen molar-refractivity contribution in [3.8, 4) is 0 Å². The van der Waals surface area contributed by atoms with Crippen LogP contribution >= 0.6 is 7.82 Å². The highest BCUT2D eigenvalue weighted by Gasteiger charge is 2.47. The summed E-state index contributed by atoms with van der Waals surface area (Å²) in [4.78, 5) is 33.2. The van der Waals surface area contributed by atoms with Gasteiger partial charge in [0.15, 0.2) is 0 Å². The zero-order valence-electron chi connectivity index (χ0n) is 16.0. The number of ether oxygens (including phenoxy) is 1. The van der Waals surface area contributed by atoms with E-state index in [0.29, 0.717) is 38.8 Å². The van der Waals surface area contributed by atoms with Gasteiger partial charge < -0.3 is 19.4 Å². The second kappa shape index (κ2) is 9.47. The van der Waals surface area contributed by atoms with Crippen molar-refractivity contribution in [3.63, 3.8) is 0 Å². The Balaban J connectivity index is 2.84. The Labute approximate surface area is 151 Å². The molecule has 148 valence electrons. The molecule has 0 saturated carbocycles. The van der Waals surface area contributed by atoms with E-state index in [0.717, 1.165) is 25.7 Å². The summed E-state index contributed by atoms with van der Waals surface area (Å²) in [6.45, 7) is 7.09.